The number of amides is 1. The Bertz CT molecular complexity index is 664. The first-order chi connectivity index (χ1) is 11.1. The van der Waals surface area contributed by atoms with E-state index < -0.39 is 5.97 Å². The molecule has 124 valence electrons. The molecule has 0 atom stereocenters. The Morgan fingerprint density at radius 1 is 1.35 bits per heavy atom. The SMILES string of the molecule is Cn1nc(C(=O)OCC(=O)NCCC2=CCCCC2)ccc1=O. The molecular weight excluding hydrogens is 298 g/mol. The number of carbonyl (C=O) groups excluding carboxylic acids is 2. The van der Waals surface area contributed by atoms with Gasteiger partial charge in [-0.2, -0.15) is 5.10 Å². The lowest BCUT2D eigenvalue weighted by atomic mass is 9.97. The first-order valence-corrected chi connectivity index (χ1v) is 7.72. The zero-order chi connectivity index (χ0) is 16.7. The molecule has 1 aromatic heterocycles. The predicted octanol–water partition coefficient (Wildman–Crippen LogP) is 0.944. The number of nitrogens with one attached hydrogen (secondary N) is 1. The molecule has 0 aliphatic heterocycles. The molecule has 23 heavy (non-hydrogen) atoms. The number of aromatic nitrogens is 2. The fourth-order valence-corrected chi connectivity index (χ4v) is 2.36. The van der Waals surface area contributed by atoms with E-state index in [2.05, 4.69) is 16.5 Å². The average Bonchev–Trinajstić information content (AvgIpc) is 2.56. The number of carbonyl (C=O) groups is 2. The maximum atomic E-state index is 11.7. The van der Waals surface area contributed by atoms with Crippen molar-refractivity contribution < 1.29 is 14.3 Å². The normalized spacial score (nSPS) is 14.0. The maximum Gasteiger partial charge on any atom is 0.359 e. The number of ether oxygens (including phenoxy) is 1. The molecule has 1 amide bonds. The van der Waals surface area contributed by atoms with Gasteiger partial charge in [-0.1, -0.05) is 11.6 Å². The van der Waals surface area contributed by atoms with Crippen LogP contribution in [0.1, 0.15) is 42.6 Å². The Morgan fingerprint density at radius 3 is 2.87 bits per heavy atom. The van der Waals surface area contributed by atoms with Gasteiger partial charge in [-0.05, 0) is 38.2 Å². The third-order valence-corrected chi connectivity index (χ3v) is 3.66. The van der Waals surface area contributed by atoms with Crippen LogP contribution in [-0.4, -0.2) is 34.8 Å². The third-order valence-electron chi connectivity index (χ3n) is 3.66. The van der Waals surface area contributed by atoms with Crippen molar-refractivity contribution >= 4 is 11.9 Å². The van der Waals surface area contributed by atoms with Gasteiger partial charge < -0.3 is 10.1 Å². The summed E-state index contributed by atoms with van der Waals surface area (Å²) in [5.41, 5.74) is 1.05. The van der Waals surface area contributed by atoms with Crippen molar-refractivity contribution in [3.8, 4) is 0 Å². The summed E-state index contributed by atoms with van der Waals surface area (Å²) >= 11 is 0. The largest absolute Gasteiger partial charge is 0.451 e. The first kappa shape index (κ1) is 16.9. The van der Waals surface area contributed by atoms with Crippen molar-refractivity contribution in [1.82, 2.24) is 15.1 Å². The van der Waals surface area contributed by atoms with Crippen molar-refractivity contribution in [2.45, 2.75) is 32.1 Å². The molecule has 1 heterocycles. The summed E-state index contributed by atoms with van der Waals surface area (Å²) in [5.74, 6) is -1.08. The van der Waals surface area contributed by atoms with E-state index in [0.717, 1.165) is 23.9 Å². The minimum Gasteiger partial charge on any atom is -0.451 e. The van der Waals surface area contributed by atoms with Gasteiger partial charge in [-0.3, -0.25) is 9.59 Å². The maximum absolute atomic E-state index is 11.7. The van der Waals surface area contributed by atoms with Crippen molar-refractivity contribution in [2.24, 2.45) is 7.05 Å². The smallest absolute Gasteiger partial charge is 0.359 e. The number of rotatable bonds is 6. The minimum absolute atomic E-state index is 0.00717. The number of allylic oxidation sites excluding steroid dienone is 1. The summed E-state index contributed by atoms with van der Waals surface area (Å²) in [4.78, 5) is 34.6. The monoisotopic (exact) mass is 319 g/mol. The van der Waals surface area contributed by atoms with Crippen LogP contribution in [0.3, 0.4) is 0 Å². The molecule has 2 rings (SSSR count). The van der Waals surface area contributed by atoms with Crippen LogP contribution < -0.4 is 10.9 Å². The second kappa shape index (κ2) is 8.26. The molecule has 0 spiro atoms. The molecule has 0 radical (unpaired) electrons. The van der Waals surface area contributed by atoms with Gasteiger partial charge in [0.2, 0.25) is 0 Å². The highest BCUT2D eigenvalue weighted by Gasteiger charge is 2.12. The zero-order valence-corrected chi connectivity index (χ0v) is 13.2. The van der Waals surface area contributed by atoms with Gasteiger partial charge in [-0.15, -0.1) is 0 Å². The second-order valence-corrected chi connectivity index (χ2v) is 5.46. The van der Waals surface area contributed by atoms with Crippen molar-refractivity contribution in [3.05, 3.63) is 39.8 Å². The van der Waals surface area contributed by atoms with E-state index in [1.807, 2.05) is 0 Å². The van der Waals surface area contributed by atoms with Crippen molar-refractivity contribution in [3.63, 3.8) is 0 Å². The van der Waals surface area contributed by atoms with Crippen LogP contribution in [0.15, 0.2) is 28.6 Å². The Balaban J connectivity index is 1.71. The summed E-state index contributed by atoms with van der Waals surface area (Å²) in [6.07, 6.45) is 7.74. The summed E-state index contributed by atoms with van der Waals surface area (Å²) in [5, 5.41) is 6.49. The Labute approximate surface area is 134 Å². The van der Waals surface area contributed by atoms with E-state index in [1.54, 1.807) is 0 Å². The quantitative estimate of drug-likeness (QED) is 0.622. The van der Waals surface area contributed by atoms with E-state index in [1.165, 1.54) is 37.6 Å². The predicted molar refractivity (Wildman–Crippen MR) is 83.9 cm³/mol. The van der Waals surface area contributed by atoms with Crippen LogP contribution in [0, 0.1) is 0 Å². The van der Waals surface area contributed by atoms with Gasteiger partial charge in [0.15, 0.2) is 12.3 Å². The molecule has 1 N–H and O–H groups in total. The van der Waals surface area contributed by atoms with E-state index in [9.17, 15) is 14.4 Å². The van der Waals surface area contributed by atoms with Gasteiger partial charge in [0.25, 0.3) is 11.5 Å². The molecular formula is C16H21N3O4. The van der Waals surface area contributed by atoms with Gasteiger partial charge in [0.05, 0.1) is 0 Å². The molecule has 1 aliphatic rings. The highest BCUT2D eigenvalue weighted by molar-refractivity contribution is 5.89. The highest BCUT2D eigenvalue weighted by Crippen LogP contribution is 2.19. The lowest BCUT2D eigenvalue weighted by molar-refractivity contribution is -0.124. The van der Waals surface area contributed by atoms with Gasteiger partial charge in [-0.25, -0.2) is 9.48 Å². The standard InChI is InChI=1S/C16H21N3O4/c1-19-15(21)8-7-13(18-19)16(22)23-11-14(20)17-10-9-12-5-3-2-4-6-12/h5,7-8H,2-4,6,9-11H2,1H3,(H,17,20). The molecule has 7 nitrogen and oxygen atoms in total. The van der Waals surface area contributed by atoms with Gasteiger partial charge in [0, 0.05) is 19.7 Å². The van der Waals surface area contributed by atoms with Crippen LogP contribution in [0.4, 0.5) is 0 Å². The third kappa shape index (κ3) is 5.36. The summed E-state index contributed by atoms with van der Waals surface area (Å²) in [7, 11) is 1.44. The topological polar surface area (TPSA) is 90.3 Å². The summed E-state index contributed by atoms with van der Waals surface area (Å²) < 4.78 is 5.92. The lowest BCUT2D eigenvalue weighted by Crippen LogP contribution is -2.30. The minimum atomic E-state index is -0.731. The lowest BCUT2D eigenvalue weighted by Gasteiger charge is -2.13. The summed E-state index contributed by atoms with van der Waals surface area (Å²) in [6, 6.07) is 2.50. The molecule has 0 saturated carbocycles. The summed E-state index contributed by atoms with van der Waals surface area (Å²) in [6.45, 7) is 0.183. The van der Waals surface area contributed by atoms with Crippen LogP contribution in [-0.2, 0) is 16.6 Å². The average molecular weight is 319 g/mol. The van der Waals surface area contributed by atoms with Crippen molar-refractivity contribution in [2.75, 3.05) is 13.2 Å². The second-order valence-electron chi connectivity index (χ2n) is 5.46. The Kier molecular flexibility index (Phi) is 6.08. The molecule has 1 aromatic rings. The van der Waals surface area contributed by atoms with Crippen LogP contribution in [0.5, 0.6) is 0 Å². The highest BCUT2D eigenvalue weighted by atomic mass is 16.5. The van der Waals surface area contributed by atoms with E-state index >= 15 is 0 Å². The molecule has 0 bridgehead atoms. The molecule has 0 saturated heterocycles. The molecule has 0 aromatic carbocycles. The Hall–Kier alpha value is -2.44. The van der Waals surface area contributed by atoms with Crippen LogP contribution >= 0.6 is 0 Å². The number of nitrogens with zero attached hydrogens (tertiary/aromatic N) is 2. The molecule has 1 aliphatic carbocycles. The van der Waals surface area contributed by atoms with Gasteiger partial charge >= 0.3 is 5.97 Å². The zero-order valence-electron chi connectivity index (χ0n) is 13.2. The first-order valence-electron chi connectivity index (χ1n) is 7.72. The number of hydrogen-bond acceptors (Lipinski definition) is 5. The number of esters is 1. The fraction of sp³-hybridized carbons (Fsp3) is 0.500. The molecule has 7 heteroatoms. The van der Waals surface area contributed by atoms with E-state index in [4.69, 9.17) is 4.74 Å². The van der Waals surface area contributed by atoms with E-state index in [-0.39, 0.29) is 23.8 Å². The molecule has 0 unspecified atom stereocenters. The number of aryl methyl sites for hydroxylation is 1. The van der Waals surface area contributed by atoms with Crippen molar-refractivity contribution in [1.29, 1.82) is 0 Å². The van der Waals surface area contributed by atoms with Gasteiger partial charge in [0.1, 0.15) is 0 Å². The van der Waals surface area contributed by atoms with Crippen LogP contribution in [0.2, 0.25) is 0 Å². The fourth-order valence-electron chi connectivity index (χ4n) is 2.36. The van der Waals surface area contributed by atoms with Crippen LogP contribution in [0.25, 0.3) is 0 Å². The Morgan fingerprint density at radius 2 is 2.17 bits per heavy atom. The number of hydrogen-bond donors (Lipinski definition) is 1. The molecule has 0 fully saturated rings. The van der Waals surface area contributed by atoms with E-state index in [0.29, 0.717) is 6.54 Å².